The van der Waals surface area contributed by atoms with Crippen molar-refractivity contribution in [1.82, 2.24) is 9.97 Å². The average Bonchev–Trinajstić information content (AvgIpc) is 3.41. The van der Waals surface area contributed by atoms with Crippen LogP contribution in [0.5, 0.6) is 0 Å². The molecule has 0 spiro atoms. The van der Waals surface area contributed by atoms with Crippen molar-refractivity contribution < 1.29 is 24.5 Å². The summed E-state index contributed by atoms with van der Waals surface area (Å²) in [6.45, 7) is 18.5. The van der Waals surface area contributed by atoms with Crippen molar-refractivity contribution in [3.63, 3.8) is 0 Å². The van der Waals surface area contributed by atoms with Crippen molar-refractivity contribution in [1.29, 1.82) is 0 Å². The van der Waals surface area contributed by atoms with Gasteiger partial charge in [0, 0.05) is 37.9 Å². The number of aromatic nitrogens is 2. The standard InChI is InChI=1S/C27H26NOSi.C14H16NSi.Ir/c1-17(2)18-11-12-28-25(15-18)23-8-6-7-22-24-14-19-9-10-21(30(3,4)5)13-20(19)16-26(24)29-27(22)23;1-16(2,3)13-9-10-14(15-11-13)12-7-5-4-6-8-12;/h6-7,9-17H,1-5H3;4-7,9-11H,1-3H3;/q2*-1;. The first-order valence-corrected chi connectivity index (χ1v) is 23.1. The minimum absolute atomic E-state index is 0. The molecule has 3 heterocycles. The zero-order chi connectivity index (χ0) is 32.6. The summed E-state index contributed by atoms with van der Waals surface area (Å²) >= 11 is 0. The van der Waals surface area contributed by atoms with Gasteiger partial charge in [-0.05, 0) is 51.5 Å². The molecule has 7 rings (SSSR count). The summed E-state index contributed by atoms with van der Waals surface area (Å²) in [5, 5.41) is 7.62. The monoisotopic (exact) mass is 827 g/mol. The summed E-state index contributed by atoms with van der Waals surface area (Å²) in [5.74, 6) is 0.451. The maximum absolute atomic E-state index is 6.41. The predicted molar refractivity (Wildman–Crippen MR) is 202 cm³/mol. The molecule has 0 saturated carbocycles. The number of benzene rings is 4. The molecule has 0 bridgehead atoms. The van der Waals surface area contributed by atoms with Crippen LogP contribution in [-0.2, 0) is 20.1 Å². The Morgan fingerprint density at radius 1 is 0.660 bits per heavy atom. The molecule has 6 heteroatoms. The van der Waals surface area contributed by atoms with Crippen LogP contribution in [-0.4, -0.2) is 26.1 Å². The molecule has 0 unspecified atom stereocenters. The Morgan fingerprint density at radius 3 is 2.09 bits per heavy atom. The second-order valence-electron chi connectivity index (χ2n) is 14.4. The van der Waals surface area contributed by atoms with Crippen LogP contribution in [0.2, 0.25) is 39.3 Å². The molecular formula is C41H42IrN2OSi2-2. The van der Waals surface area contributed by atoms with E-state index in [0.29, 0.717) is 5.92 Å². The number of pyridine rings is 2. The van der Waals surface area contributed by atoms with Gasteiger partial charge in [0.05, 0.1) is 21.7 Å². The van der Waals surface area contributed by atoms with Gasteiger partial charge in [-0.1, -0.05) is 111 Å². The van der Waals surface area contributed by atoms with Crippen molar-refractivity contribution in [2.75, 3.05) is 0 Å². The molecule has 3 aromatic heterocycles. The number of rotatable bonds is 5. The third kappa shape index (κ3) is 7.57. The number of fused-ring (bicyclic) bond motifs is 4. The van der Waals surface area contributed by atoms with Crippen LogP contribution >= 0.6 is 0 Å². The van der Waals surface area contributed by atoms with Crippen LogP contribution in [0.1, 0.15) is 25.3 Å². The Balaban J connectivity index is 0.000000217. The van der Waals surface area contributed by atoms with Gasteiger partial charge in [-0.15, -0.1) is 54.1 Å². The fourth-order valence-electron chi connectivity index (χ4n) is 5.63. The van der Waals surface area contributed by atoms with E-state index < -0.39 is 16.1 Å². The molecule has 7 aromatic rings. The molecule has 3 nitrogen and oxygen atoms in total. The molecule has 0 fully saturated rings. The van der Waals surface area contributed by atoms with Crippen molar-refractivity contribution in [2.45, 2.75) is 59.0 Å². The van der Waals surface area contributed by atoms with Gasteiger partial charge in [-0.25, -0.2) is 0 Å². The van der Waals surface area contributed by atoms with Crippen LogP contribution < -0.4 is 10.4 Å². The van der Waals surface area contributed by atoms with Crippen molar-refractivity contribution >= 4 is 59.2 Å². The Labute approximate surface area is 294 Å². The number of hydrogen-bond donors (Lipinski definition) is 0. The van der Waals surface area contributed by atoms with Gasteiger partial charge in [-0.2, -0.15) is 0 Å². The van der Waals surface area contributed by atoms with Crippen LogP contribution in [0, 0.1) is 12.1 Å². The van der Waals surface area contributed by atoms with E-state index in [9.17, 15) is 0 Å². The normalized spacial score (nSPS) is 11.9. The Bertz CT molecular complexity index is 2140. The van der Waals surface area contributed by atoms with Crippen LogP contribution in [0.25, 0.3) is 55.2 Å². The van der Waals surface area contributed by atoms with E-state index in [-0.39, 0.29) is 20.1 Å². The summed E-state index contributed by atoms with van der Waals surface area (Å²) in [5.41, 5.74) is 6.96. The molecule has 0 amide bonds. The third-order valence-electron chi connectivity index (χ3n) is 8.58. The van der Waals surface area contributed by atoms with Gasteiger partial charge in [0.1, 0.15) is 5.58 Å². The first kappa shape index (κ1) is 34.7. The van der Waals surface area contributed by atoms with Gasteiger partial charge >= 0.3 is 0 Å². The zero-order valence-electron chi connectivity index (χ0n) is 28.5. The maximum Gasteiger partial charge on any atom is 0.121 e. The fraction of sp³-hybridized carbons (Fsp3) is 0.220. The summed E-state index contributed by atoms with van der Waals surface area (Å²) in [6, 6.07) is 38.5. The number of furan rings is 1. The van der Waals surface area contributed by atoms with Gasteiger partial charge in [-0.3, -0.25) is 0 Å². The fourth-order valence-corrected chi connectivity index (χ4v) is 7.84. The van der Waals surface area contributed by atoms with Gasteiger partial charge in [0.15, 0.2) is 0 Å². The molecule has 0 saturated heterocycles. The van der Waals surface area contributed by atoms with E-state index in [4.69, 9.17) is 4.42 Å². The second kappa shape index (κ2) is 13.8. The molecule has 0 aliphatic heterocycles. The molecule has 0 aliphatic rings. The Hall–Kier alpha value is -3.68. The van der Waals surface area contributed by atoms with Crippen molar-refractivity contribution in [3.8, 4) is 22.5 Å². The first-order valence-electron chi connectivity index (χ1n) is 16.1. The van der Waals surface area contributed by atoms with E-state index in [2.05, 4.69) is 136 Å². The maximum atomic E-state index is 6.41. The quantitative estimate of drug-likeness (QED) is 0.128. The molecular weight excluding hydrogens is 785 g/mol. The summed E-state index contributed by atoms with van der Waals surface area (Å²) in [6.07, 6.45) is 3.90. The Morgan fingerprint density at radius 2 is 1.43 bits per heavy atom. The molecule has 241 valence electrons. The third-order valence-corrected chi connectivity index (χ3v) is 12.6. The minimum Gasteiger partial charge on any atom is -0.501 e. The van der Waals surface area contributed by atoms with Crippen LogP contribution in [0.3, 0.4) is 0 Å². The molecule has 0 aliphatic carbocycles. The minimum atomic E-state index is -1.36. The smallest absolute Gasteiger partial charge is 0.121 e. The van der Waals surface area contributed by atoms with E-state index in [1.807, 2.05) is 42.7 Å². The average molecular weight is 827 g/mol. The van der Waals surface area contributed by atoms with Gasteiger partial charge < -0.3 is 14.4 Å². The van der Waals surface area contributed by atoms with E-state index in [1.54, 1.807) is 0 Å². The van der Waals surface area contributed by atoms with E-state index in [1.165, 1.54) is 26.7 Å². The van der Waals surface area contributed by atoms with E-state index in [0.717, 1.165) is 44.5 Å². The SMILES string of the molecule is CC(C)c1ccnc(-c2[c-]ccc3c2oc2cc4cc([Si](C)(C)C)ccc4cc23)c1.C[Si](C)(C)c1ccc(-c2[c-]cccc2)nc1.[Ir]. The molecule has 0 N–H and O–H groups in total. The molecule has 1 radical (unpaired) electrons. The first-order chi connectivity index (χ1) is 21.9. The van der Waals surface area contributed by atoms with Crippen LogP contribution in [0.4, 0.5) is 0 Å². The molecule has 0 atom stereocenters. The van der Waals surface area contributed by atoms with Crippen LogP contribution in [0.15, 0.2) is 108 Å². The zero-order valence-corrected chi connectivity index (χ0v) is 32.9. The van der Waals surface area contributed by atoms with Gasteiger partial charge in [0.25, 0.3) is 0 Å². The Kier molecular flexibility index (Phi) is 10.2. The number of nitrogens with zero attached hydrogens (tertiary/aromatic N) is 2. The summed E-state index contributed by atoms with van der Waals surface area (Å²) < 4.78 is 6.41. The molecule has 47 heavy (non-hydrogen) atoms. The largest absolute Gasteiger partial charge is 0.501 e. The predicted octanol–water partition coefficient (Wildman–Crippen LogP) is 10.4. The van der Waals surface area contributed by atoms with Gasteiger partial charge in [0.2, 0.25) is 0 Å². The van der Waals surface area contributed by atoms with E-state index >= 15 is 0 Å². The summed E-state index contributed by atoms with van der Waals surface area (Å²) in [4.78, 5) is 9.14. The second-order valence-corrected chi connectivity index (χ2v) is 24.6. The topological polar surface area (TPSA) is 38.9 Å². The molecule has 4 aromatic carbocycles. The number of hydrogen-bond acceptors (Lipinski definition) is 3. The van der Waals surface area contributed by atoms with Crippen molar-refractivity contribution in [2.24, 2.45) is 0 Å². The van der Waals surface area contributed by atoms with Crippen molar-refractivity contribution in [3.05, 3.63) is 121 Å². The summed E-state index contributed by atoms with van der Waals surface area (Å²) in [7, 11) is -2.59.